The number of amides is 1. The molecule has 0 aliphatic carbocycles. The van der Waals surface area contributed by atoms with Crippen molar-refractivity contribution in [2.45, 2.75) is 6.92 Å². The van der Waals surface area contributed by atoms with Gasteiger partial charge in [-0.25, -0.2) is 4.98 Å². The number of aromatic nitrogens is 2. The van der Waals surface area contributed by atoms with E-state index < -0.39 is 0 Å². The summed E-state index contributed by atoms with van der Waals surface area (Å²) in [5, 5.41) is 6.04. The number of carbonyl (C=O) groups is 1. The van der Waals surface area contributed by atoms with Gasteiger partial charge in [-0.1, -0.05) is 0 Å². The number of carbonyl (C=O) groups excluding carboxylic acids is 1. The fourth-order valence-corrected chi connectivity index (χ4v) is 2.93. The van der Waals surface area contributed by atoms with Crippen molar-refractivity contribution in [3.8, 4) is 0 Å². The molecule has 0 atom stereocenters. The second kappa shape index (κ2) is 8.10. The van der Waals surface area contributed by atoms with Crippen molar-refractivity contribution in [3.63, 3.8) is 0 Å². The Balaban J connectivity index is 1.44. The molecule has 2 aromatic heterocycles. The Hall–Kier alpha value is -3.39. The van der Waals surface area contributed by atoms with E-state index in [9.17, 15) is 4.79 Å². The zero-order chi connectivity index (χ0) is 19.3. The molecule has 0 unspecified atom stereocenters. The first-order chi connectivity index (χ1) is 13.7. The summed E-state index contributed by atoms with van der Waals surface area (Å²) in [6.07, 6.45) is 2.88. The molecule has 3 heterocycles. The number of anilines is 4. The van der Waals surface area contributed by atoms with Gasteiger partial charge in [0.1, 0.15) is 12.1 Å². The molecule has 0 spiro atoms. The van der Waals surface area contributed by atoms with E-state index in [0.29, 0.717) is 30.4 Å². The molecule has 144 valence electrons. The third-order valence-corrected chi connectivity index (χ3v) is 4.36. The van der Waals surface area contributed by atoms with Crippen molar-refractivity contribution in [3.05, 3.63) is 60.2 Å². The van der Waals surface area contributed by atoms with Crippen molar-refractivity contribution in [1.29, 1.82) is 0 Å². The maximum absolute atomic E-state index is 12.1. The lowest BCUT2D eigenvalue weighted by Gasteiger charge is -2.28. The van der Waals surface area contributed by atoms with E-state index in [4.69, 9.17) is 9.15 Å². The molecular formula is C20H21N5O3. The summed E-state index contributed by atoms with van der Waals surface area (Å²) in [6.45, 7) is 5.00. The number of hydrogen-bond donors (Lipinski definition) is 2. The zero-order valence-electron chi connectivity index (χ0n) is 15.5. The molecule has 1 aromatic carbocycles. The molecule has 1 amide bonds. The van der Waals surface area contributed by atoms with E-state index >= 15 is 0 Å². The molecule has 8 heteroatoms. The van der Waals surface area contributed by atoms with E-state index in [2.05, 4.69) is 25.5 Å². The van der Waals surface area contributed by atoms with Crippen LogP contribution in [-0.4, -0.2) is 42.2 Å². The van der Waals surface area contributed by atoms with Crippen LogP contribution in [0.15, 0.2) is 53.3 Å². The van der Waals surface area contributed by atoms with Crippen LogP contribution in [0.1, 0.15) is 16.1 Å². The van der Waals surface area contributed by atoms with Gasteiger partial charge in [0, 0.05) is 36.2 Å². The van der Waals surface area contributed by atoms with E-state index in [1.165, 1.54) is 12.5 Å². The summed E-state index contributed by atoms with van der Waals surface area (Å²) in [6, 6.07) is 11.0. The van der Waals surface area contributed by atoms with E-state index in [-0.39, 0.29) is 5.91 Å². The summed E-state index contributed by atoms with van der Waals surface area (Å²) in [5.74, 6) is 1.21. The van der Waals surface area contributed by atoms with Gasteiger partial charge in [-0.15, -0.1) is 0 Å². The van der Waals surface area contributed by atoms with E-state index in [1.54, 1.807) is 6.07 Å². The van der Waals surface area contributed by atoms with Crippen LogP contribution in [0.2, 0.25) is 0 Å². The first-order valence-corrected chi connectivity index (χ1v) is 9.06. The molecule has 0 bridgehead atoms. The van der Waals surface area contributed by atoms with Crippen LogP contribution in [0, 0.1) is 6.92 Å². The predicted molar refractivity (Wildman–Crippen MR) is 106 cm³/mol. The zero-order valence-corrected chi connectivity index (χ0v) is 15.5. The topological polar surface area (TPSA) is 92.5 Å². The highest BCUT2D eigenvalue weighted by Gasteiger charge is 2.14. The SMILES string of the molecule is Cc1cc(N2CCOCC2)nc(Nc2ccc(NC(=O)c3ccoc3)cc2)n1. The number of hydrogen-bond acceptors (Lipinski definition) is 7. The van der Waals surface area contributed by atoms with Crippen LogP contribution in [-0.2, 0) is 4.74 Å². The number of nitrogens with zero attached hydrogens (tertiary/aromatic N) is 3. The lowest BCUT2D eigenvalue weighted by Crippen LogP contribution is -2.36. The summed E-state index contributed by atoms with van der Waals surface area (Å²) < 4.78 is 10.3. The van der Waals surface area contributed by atoms with Crippen LogP contribution in [0.5, 0.6) is 0 Å². The number of morpholine rings is 1. The largest absolute Gasteiger partial charge is 0.472 e. The number of aryl methyl sites for hydroxylation is 1. The van der Waals surface area contributed by atoms with Crippen LogP contribution in [0.3, 0.4) is 0 Å². The summed E-state index contributed by atoms with van der Waals surface area (Å²) in [4.78, 5) is 23.3. The molecule has 28 heavy (non-hydrogen) atoms. The Morgan fingerprint density at radius 2 is 1.82 bits per heavy atom. The minimum absolute atomic E-state index is 0.216. The second-order valence-electron chi connectivity index (χ2n) is 6.46. The van der Waals surface area contributed by atoms with Crippen molar-refractivity contribution in [2.24, 2.45) is 0 Å². The lowest BCUT2D eigenvalue weighted by atomic mass is 10.2. The van der Waals surface area contributed by atoms with Crippen molar-refractivity contribution in [2.75, 3.05) is 41.8 Å². The molecule has 1 fully saturated rings. The molecule has 1 saturated heterocycles. The molecule has 1 aliphatic rings. The third kappa shape index (κ3) is 4.29. The monoisotopic (exact) mass is 379 g/mol. The highest BCUT2D eigenvalue weighted by atomic mass is 16.5. The van der Waals surface area contributed by atoms with Crippen molar-refractivity contribution < 1.29 is 13.9 Å². The number of furan rings is 1. The number of ether oxygens (including phenoxy) is 1. The van der Waals surface area contributed by atoms with Gasteiger partial charge in [0.15, 0.2) is 0 Å². The average molecular weight is 379 g/mol. The van der Waals surface area contributed by atoms with Gasteiger partial charge in [0.05, 0.1) is 25.0 Å². The number of nitrogens with one attached hydrogen (secondary N) is 2. The number of benzene rings is 1. The summed E-state index contributed by atoms with van der Waals surface area (Å²) >= 11 is 0. The van der Waals surface area contributed by atoms with Gasteiger partial charge in [0.25, 0.3) is 5.91 Å². The molecule has 8 nitrogen and oxygen atoms in total. The van der Waals surface area contributed by atoms with E-state index in [1.807, 2.05) is 37.3 Å². The first-order valence-electron chi connectivity index (χ1n) is 9.06. The fourth-order valence-electron chi connectivity index (χ4n) is 2.93. The Labute approximate surface area is 162 Å². The van der Waals surface area contributed by atoms with Gasteiger partial charge < -0.3 is 24.7 Å². The highest BCUT2D eigenvalue weighted by Crippen LogP contribution is 2.21. The number of rotatable bonds is 5. The van der Waals surface area contributed by atoms with Gasteiger partial charge in [0.2, 0.25) is 5.95 Å². The lowest BCUT2D eigenvalue weighted by molar-refractivity contribution is 0.102. The highest BCUT2D eigenvalue weighted by molar-refractivity contribution is 6.04. The molecular weight excluding hydrogens is 358 g/mol. The summed E-state index contributed by atoms with van der Waals surface area (Å²) in [7, 11) is 0. The Morgan fingerprint density at radius 1 is 1.07 bits per heavy atom. The normalized spacial score (nSPS) is 14.0. The Morgan fingerprint density at radius 3 is 2.54 bits per heavy atom. The molecule has 1 aliphatic heterocycles. The quantitative estimate of drug-likeness (QED) is 0.703. The molecule has 0 saturated carbocycles. The standard InChI is InChI=1S/C20H21N5O3/c1-14-12-18(25-7-10-27-11-8-25)24-20(21-14)23-17-4-2-16(3-5-17)22-19(26)15-6-9-28-13-15/h2-6,9,12-13H,7-8,10-11H2,1H3,(H,22,26)(H,21,23,24). The van der Waals surface area contributed by atoms with E-state index in [0.717, 1.165) is 30.3 Å². The van der Waals surface area contributed by atoms with Gasteiger partial charge in [-0.3, -0.25) is 4.79 Å². The van der Waals surface area contributed by atoms with Crippen LogP contribution in [0.4, 0.5) is 23.1 Å². The molecule has 2 N–H and O–H groups in total. The minimum Gasteiger partial charge on any atom is -0.472 e. The summed E-state index contributed by atoms with van der Waals surface area (Å²) in [5.41, 5.74) is 2.89. The molecule has 3 aromatic rings. The molecule has 4 rings (SSSR count). The first kappa shape index (κ1) is 18.0. The van der Waals surface area contributed by atoms with Crippen LogP contribution < -0.4 is 15.5 Å². The van der Waals surface area contributed by atoms with Crippen LogP contribution in [0.25, 0.3) is 0 Å². The van der Waals surface area contributed by atoms with Crippen molar-refractivity contribution >= 4 is 29.0 Å². The Bertz CT molecular complexity index is 935. The predicted octanol–water partition coefficient (Wildman–Crippen LogP) is 3.21. The van der Waals surface area contributed by atoms with Crippen LogP contribution >= 0.6 is 0 Å². The van der Waals surface area contributed by atoms with Gasteiger partial charge >= 0.3 is 0 Å². The third-order valence-electron chi connectivity index (χ3n) is 4.36. The van der Waals surface area contributed by atoms with Gasteiger partial charge in [-0.2, -0.15) is 4.98 Å². The fraction of sp³-hybridized carbons (Fsp3) is 0.250. The minimum atomic E-state index is -0.216. The van der Waals surface area contributed by atoms with Crippen molar-refractivity contribution in [1.82, 2.24) is 9.97 Å². The smallest absolute Gasteiger partial charge is 0.258 e. The Kier molecular flexibility index (Phi) is 5.20. The second-order valence-corrected chi connectivity index (χ2v) is 6.46. The molecule has 0 radical (unpaired) electrons. The maximum atomic E-state index is 12.1. The van der Waals surface area contributed by atoms with Gasteiger partial charge in [-0.05, 0) is 37.3 Å². The average Bonchev–Trinajstić information content (AvgIpc) is 3.25. The maximum Gasteiger partial charge on any atom is 0.258 e.